The summed E-state index contributed by atoms with van der Waals surface area (Å²) in [6.07, 6.45) is 20.4. The van der Waals surface area contributed by atoms with Gasteiger partial charge in [0, 0.05) is 29.1 Å². The van der Waals surface area contributed by atoms with Gasteiger partial charge in [0.1, 0.15) is 22.7 Å². The van der Waals surface area contributed by atoms with Crippen molar-refractivity contribution in [1.82, 2.24) is 9.13 Å². The number of aromatic nitrogens is 2. The van der Waals surface area contributed by atoms with Crippen molar-refractivity contribution >= 4 is 89.0 Å². The standard InChI is InChI=1S/C57H80N4O10S2/c1-10-11-12-13-14-19-22-25-28-41(61-36(3)47(59)45-40(61)33-38-43(50(65)49(38)64)53(45)68-34-42(62)70-56(4,5)6)73-72-32-27-24-21-18-16-15-17-20-23-26-31-60-35(2)46(58)44-39(60)30-29-37-48(63)51(66)54(69-52(37)44)55(67)71-57(7,8)9/h29-30,33,41,54H,10-28,31-32,34,58-59H2,1-9H3. The molecule has 1 aliphatic rings. The largest absolute Gasteiger partial charge is 0.480 e. The molecule has 0 saturated heterocycles. The van der Waals surface area contributed by atoms with Gasteiger partial charge >= 0.3 is 11.9 Å². The second-order valence-electron chi connectivity index (χ2n) is 21.8. The van der Waals surface area contributed by atoms with Gasteiger partial charge in [-0.2, -0.15) is 0 Å². The number of esters is 2. The highest BCUT2D eigenvalue weighted by atomic mass is 33.1. The third-order valence-corrected chi connectivity index (χ3v) is 16.5. The smallest absolute Gasteiger partial charge is 0.356 e. The first-order chi connectivity index (χ1) is 34.7. The van der Waals surface area contributed by atoms with Gasteiger partial charge in [0.25, 0.3) is 11.9 Å². The number of ketones is 2. The van der Waals surface area contributed by atoms with Crippen LogP contribution in [0.2, 0.25) is 0 Å². The van der Waals surface area contributed by atoms with Crippen molar-refractivity contribution in [1.29, 1.82) is 0 Å². The zero-order valence-corrected chi connectivity index (χ0v) is 46.5. The summed E-state index contributed by atoms with van der Waals surface area (Å²) < 4.78 is 27.2. The van der Waals surface area contributed by atoms with Gasteiger partial charge in [0.05, 0.1) is 49.5 Å². The van der Waals surface area contributed by atoms with Gasteiger partial charge in [-0.05, 0) is 92.9 Å². The van der Waals surface area contributed by atoms with Gasteiger partial charge in [-0.25, -0.2) is 9.59 Å². The molecule has 14 nitrogen and oxygen atoms in total. The molecule has 73 heavy (non-hydrogen) atoms. The number of aryl methyl sites for hydroxylation is 1. The van der Waals surface area contributed by atoms with E-state index in [-0.39, 0.29) is 27.8 Å². The SMILES string of the molecule is CCCCCCCCCCC(SSCCCCCCCCCCCCn1c(C)c(N)c2c3c(ccc21)C(=O)C(=O)C(C(=O)OC(C)(C)C)O3)n1c(C)c(N)c2c(OCC(=O)OC(C)(C)C)c3c(=O)c(=O)c3cc21. The van der Waals surface area contributed by atoms with Crippen molar-refractivity contribution in [3.63, 3.8) is 0 Å². The maximum atomic E-state index is 13.1. The van der Waals surface area contributed by atoms with Crippen LogP contribution < -0.4 is 31.8 Å². The van der Waals surface area contributed by atoms with Crippen molar-refractivity contribution in [3.05, 3.63) is 55.6 Å². The lowest BCUT2D eigenvalue weighted by atomic mass is 9.97. The van der Waals surface area contributed by atoms with Gasteiger partial charge in [-0.15, -0.1) is 0 Å². The second kappa shape index (κ2) is 25.5. The molecule has 0 amide bonds. The van der Waals surface area contributed by atoms with Crippen molar-refractivity contribution in [3.8, 4) is 11.5 Å². The Balaban J connectivity index is 0.962. The first-order valence-corrected chi connectivity index (χ1v) is 29.1. The van der Waals surface area contributed by atoms with Crippen molar-refractivity contribution in [2.75, 3.05) is 23.8 Å². The Kier molecular flexibility index (Phi) is 20.0. The number of nitrogens with zero attached hydrogens (tertiary/aromatic N) is 2. The Bertz CT molecular complexity index is 2840. The summed E-state index contributed by atoms with van der Waals surface area (Å²) in [6, 6.07) is 5.18. The molecule has 6 rings (SSSR count). The van der Waals surface area contributed by atoms with Crippen LogP contribution in [0, 0.1) is 13.8 Å². The normalized spacial score (nSPS) is 14.6. The highest BCUT2D eigenvalue weighted by Crippen LogP contribution is 2.47. The van der Waals surface area contributed by atoms with E-state index in [0.29, 0.717) is 27.5 Å². The van der Waals surface area contributed by atoms with Crippen LogP contribution in [0.1, 0.15) is 198 Å². The van der Waals surface area contributed by atoms with E-state index in [1.807, 2.05) is 35.4 Å². The predicted octanol–water partition coefficient (Wildman–Crippen LogP) is 12.7. The lowest BCUT2D eigenvalue weighted by Crippen LogP contribution is -2.46. The molecule has 0 fully saturated rings. The quantitative estimate of drug-likeness (QED) is 0.0151. The molecule has 16 heteroatoms. The minimum Gasteiger partial charge on any atom is -0.480 e. The van der Waals surface area contributed by atoms with Crippen LogP contribution in [-0.2, 0) is 30.4 Å². The van der Waals surface area contributed by atoms with Gasteiger partial charge in [-0.1, -0.05) is 131 Å². The van der Waals surface area contributed by atoms with Gasteiger partial charge in [0.15, 0.2) is 6.61 Å². The second-order valence-corrected chi connectivity index (χ2v) is 24.5. The number of ether oxygens (including phenoxy) is 4. The van der Waals surface area contributed by atoms with E-state index in [0.717, 1.165) is 79.7 Å². The molecule has 0 spiro atoms. The number of hydrogen-bond donors (Lipinski definition) is 2. The summed E-state index contributed by atoms with van der Waals surface area (Å²) in [5.74, 6) is -1.84. The van der Waals surface area contributed by atoms with E-state index < -0.39 is 58.3 Å². The first kappa shape index (κ1) is 57.3. The number of fused-ring (bicyclic) bond motifs is 5. The van der Waals surface area contributed by atoms with Gasteiger partial charge in [0.2, 0.25) is 16.6 Å². The summed E-state index contributed by atoms with van der Waals surface area (Å²) in [6.45, 7) is 16.9. The van der Waals surface area contributed by atoms with E-state index in [9.17, 15) is 28.8 Å². The summed E-state index contributed by atoms with van der Waals surface area (Å²) >= 11 is 0. The van der Waals surface area contributed by atoms with Crippen molar-refractivity contribution in [2.45, 2.75) is 214 Å². The average Bonchev–Trinajstić information content (AvgIpc) is 3.73. The van der Waals surface area contributed by atoms with Crippen LogP contribution in [0.3, 0.4) is 0 Å². The zero-order valence-electron chi connectivity index (χ0n) is 44.9. The molecule has 2 atom stereocenters. The van der Waals surface area contributed by atoms with E-state index in [4.69, 9.17) is 30.4 Å². The first-order valence-electron chi connectivity index (χ1n) is 26.7. The van der Waals surface area contributed by atoms with Crippen molar-refractivity contribution < 1.29 is 38.1 Å². The van der Waals surface area contributed by atoms with E-state index in [2.05, 4.69) is 16.1 Å². The lowest BCUT2D eigenvalue weighted by Gasteiger charge is -2.27. The van der Waals surface area contributed by atoms with E-state index in [1.54, 1.807) is 59.7 Å². The monoisotopic (exact) mass is 1040 g/mol. The fourth-order valence-electron chi connectivity index (χ4n) is 9.91. The number of carbonyl (C=O) groups is 4. The van der Waals surface area contributed by atoms with Crippen LogP contribution in [0.15, 0.2) is 27.8 Å². The highest BCUT2D eigenvalue weighted by Gasteiger charge is 2.44. The number of unbranched alkanes of at least 4 members (excludes halogenated alkanes) is 16. The molecule has 4 N–H and O–H groups in total. The molecule has 0 radical (unpaired) electrons. The molecular weight excluding hydrogens is 965 g/mol. The maximum Gasteiger partial charge on any atom is 0.356 e. The summed E-state index contributed by atoms with van der Waals surface area (Å²) in [7, 11) is 3.73. The Hall–Kier alpha value is -4.96. The molecule has 2 aromatic heterocycles. The van der Waals surface area contributed by atoms with Crippen LogP contribution in [0.25, 0.3) is 32.6 Å². The van der Waals surface area contributed by atoms with E-state index >= 15 is 0 Å². The fourth-order valence-corrected chi connectivity index (χ4v) is 12.8. The average molecular weight is 1050 g/mol. The van der Waals surface area contributed by atoms with Crippen molar-refractivity contribution in [2.24, 2.45) is 0 Å². The Morgan fingerprint density at radius 3 is 1.89 bits per heavy atom. The minimum absolute atomic E-state index is 0.0394. The number of benzene rings is 2. The van der Waals surface area contributed by atoms with E-state index in [1.165, 1.54) is 77.0 Å². The summed E-state index contributed by atoms with van der Waals surface area (Å²) in [4.78, 5) is 77.3. The number of Topliss-reactive ketones (excluding diaryl/α,β-unsaturated/α-hetero) is 2. The molecule has 400 valence electrons. The molecule has 2 unspecified atom stereocenters. The Labute approximate surface area is 438 Å². The number of anilines is 2. The Morgan fingerprint density at radius 2 is 1.27 bits per heavy atom. The molecule has 0 bridgehead atoms. The Morgan fingerprint density at radius 1 is 0.699 bits per heavy atom. The van der Waals surface area contributed by atoms with Crippen LogP contribution in [0.5, 0.6) is 11.5 Å². The molecule has 0 saturated carbocycles. The highest BCUT2D eigenvalue weighted by molar-refractivity contribution is 8.76. The molecule has 3 aromatic carbocycles. The molecule has 1 aliphatic heterocycles. The molecular formula is C57H80N4O10S2. The van der Waals surface area contributed by atoms with Crippen LogP contribution in [-0.4, -0.2) is 62.3 Å². The fraction of sp³-hybridized carbons (Fsp3) is 0.614. The predicted molar refractivity (Wildman–Crippen MR) is 298 cm³/mol. The number of carbonyl (C=O) groups excluding carboxylic acids is 4. The maximum absolute atomic E-state index is 13.1. The van der Waals surface area contributed by atoms with Gasteiger partial charge in [-0.3, -0.25) is 19.2 Å². The van der Waals surface area contributed by atoms with Crippen LogP contribution in [0.4, 0.5) is 11.4 Å². The number of nitrogens with two attached hydrogens (primary N) is 2. The van der Waals surface area contributed by atoms with Crippen LogP contribution >= 0.6 is 21.6 Å². The molecule has 5 aromatic rings. The zero-order chi connectivity index (χ0) is 53.2. The summed E-state index contributed by atoms with van der Waals surface area (Å²) in [5.41, 5.74) is 15.0. The minimum atomic E-state index is -1.67. The molecule has 0 aliphatic carbocycles. The third kappa shape index (κ3) is 14.1. The molecule has 3 heterocycles. The topological polar surface area (TPSA) is 201 Å². The third-order valence-electron chi connectivity index (χ3n) is 13.7. The lowest BCUT2D eigenvalue weighted by molar-refractivity contribution is -0.165. The number of hydrogen-bond acceptors (Lipinski definition) is 14. The summed E-state index contributed by atoms with van der Waals surface area (Å²) in [5, 5.41) is 1.63. The van der Waals surface area contributed by atoms with Gasteiger partial charge < -0.3 is 39.5 Å². The number of rotatable bonds is 29. The number of nitrogen functional groups attached to an aromatic ring is 2.